The van der Waals surface area contributed by atoms with E-state index in [0.717, 1.165) is 55.8 Å². The lowest BCUT2D eigenvalue weighted by molar-refractivity contribution is 0.0945. The molecule has 0 radical (unpaired) electrons. The maximum atomic E-state index is 12.5. The van der Waals surface area contributed by atoms with Gasteiger partial charge < -0.3 is 20.1 Å². The van der Waals surface area contributed by atoms with Crippen LogP contribution in [-0.2, 0) is 6.54 Å². The molecule has 156 valence electrons. The van der Waals surface area contributed by atoms with Crippen molar-refractivity contribution in [2.75, 3.05) is 20.2 Å². The van der Waals surface area contributed by atoms with Crippen LogP contribution in [0.3, 0.4) is 0 Å². The van der Waals surface area contributed by atoms with E-state index in [4.69, 9.17) is 9.47 Å². The van der Waals surface area contributed by atoms with Gasteiger partial charge in [0.25, 0.3) is 5.91 Å². The maximum Gasteiger partial charge on any atom is 0.273 e. The highest BCUT2D eigenvalue weighted by Crippen LogP contribution is 2.32. The van der Waals surface area contributed by atoms with Gasteiger partial charge in [-0.1, -0.05) is 11.3 Å². The lowest BCUT2D eigenvalue weighted by Gasteiger charge is -2.22. The predicted molar refractivity (Wildman–Crippen MR) is 108 cm³/mol. The summed E-state index contributed by atoms with van der Waals surface area (Å²) in [5.74, 6) is 1.24. The molecule has 0 spiro atoms. The third kappa shape index (κ3) is 4.87. The Morgan fingerprint density at radius 2 is 2.00 bits per heavy atom. The molecule has 1 saturated carbocycles. The highest BCUT2D eigenvalue weighted by molar-refractivity contribution is 5.91. The Bertz CT molecular complexity index is 825. The van der Waals surface area contributed by atoms with E-state index in [1.807, 2.05) is 22.9 Å². The van der Waals surface area contributed by atoms with Crippen LogP contribution in [-0.4, -0.2) is 47.2 Å². The molecule has 2 fully saturated rings. The van der Waals surface area contributed by atoms with Gasteiger partial charge in [-0.3, -0.25) is 4.79 Å². The smallest absolute Gasteiger partial charge is 0.273 e. The zero-order valence-electron chi connectivity index (χ0n) is 16.9. The Labute approximate surface area is 171 Å². The third-order valence-corrected chi connectivity index (χ3v) is 5.70. The molecule has 0 bridgehead atoms. The van der Waals surface area contributed by atoms with E-state index in [1.165, 1.54) is 12.8 Å². The second-order valence-electron chi connectivity index (χ2n) is 7.76. The van der Waals surface area contributed by atoms with Crippen LogP contribution in [0.5, 0.6) is 11.5 Å². The van der Waals surface area contributed by atoms with Crippen molar-refractivity contribution in [1.82, 2.24) is 25.6 Å². The predicted octanol–water partition coefficient (Wildman–Crippen LogP) is 2.46. The van der Waals surface area contributed by atoms with E-state index in [2.05, 4.69) is 20.9 Å². The Balaban J connectivity index is 1.36. The van der Waals surface area contributed by atoms with Crippen molar-refractivity contribution in [1.29, 1.82) is 0 Å². The summed E-state index contributed by atoms with van der Waals surface area (Å²) in [5, 5.41) is 14.5. The largest absolute Gasteiger partial charge is 0.493 e. The molecule has 1 aromatic carbocycles. The van der Waals surface area contributed by atoms with Crippen LogP contribution in [0.4, 0.5) is 0 Å². The molecule has 2 aromatic rings. The molecule has 1 aliphatic heterocycles. The fourth-order valence-electron chi connectivity index (χ4n) is 4.01. The lowest BCUT2D eigenvalue weighted by Crippen LogP contribution is -2.29. The molecule has 1 aliphatic carbocycles. The molecule has 1 aromatic heterocycles. The first kappa shape index (κ1) is 19.7. The standard InChI is InChI=1S/C21H29N5O3/c1-28-19-7-6-15(12-20(19)29-17-4-2-3-5-17)13-23-21(27)18-14-26(25-24-18)16-8-10-22-11-9-16/h6-7,12,14,16-17,22H,2-5,8-11,13H2,1H3,(H,23,27). The number of ether oxygens (including phenoxy) is 2. The first-order chi connectivity index (χ1) is 14.2. The van der Waals surface area contributed by atoms with Crippen LogP contribution in [0.15, 0.2) is 24.4 Å². The van der Waals surface area contributed by atoms with Crippen LogP contribution < -0.4 is 20.1 Å². The summed E-state index contributed by atoms with van der Waals surface area (Å²) in [6.45, 7) is 2.33. The third-order valence-electron chi connectivity index (χ3n) is 5.70. The SMILES string of the molecule is COc1ccc(CNC(=O)c2cn(C3CCNCC3)nn2)cc1OC1CCCC1. The van der Waals surface area contributed by atoms with Crippen molar-refractivity contribution in [3.63, 3.8) is 0 Å². The summed E-state index contributed by atoms with van der Waals surface area (Å²) in [4.78, 5) is 12.5. The average Bonchev–Trinajstić information content (AvgIpc) is 3.45. The highest BCUT2D eigenvalue weighted by Gasteiger charge is 2.20. The second kappa shape index (κ2) is 9.26. The molecule has 29 heavy (non-hydrogen) atoms. The molecule has 2 heterocycles. The van der Waals surface area contributed by atoms with Gasteiger partial charge in [-0.15, -0.1) is 5.10 Å². The molecule has 8 heteroatoms. The fraction of sp³-hybridized carbons (Fsp3) is 0.571. The average molecular weight is 399 g/mol. The van der Waals surface area contributed by atoms with E-state index in [0.29, 0.717) is 18.3 Å². The molecule has 1 saturated heterocycles. The van der Waals surface area contributed by atoms with Gasteiger partial charge in [-0.25, -0.2) is 4.68 Å². The maximum absolute atomic E-state index is 12.5. The summed E-state index contributed by atoms with van der Waals surface area (Å²) >= 11 is 0. The van der Waals surface area contributed by atoms with Crippen LogP contribution >= 0.6 is 0 Å². The van der Waals surface area contributed by atoms with E-state index in [9.17, 15) is 4.79 Å². The van der Waals surface area contributed by atoms with E-state index < -0.39 is 0 Å². The van der Waals surface area contributed by atoms with Crippen LogP contribution in [0.25, 0.3) is 0 Å². The number of nitrogens with zero attached hydrogens (tertiary/aromatic N) is 3. The number of nitrogens with one attached hydrogen (secondary N) is 2. The summed E-state index contributed by atoms with van der Waals surface area (Å²) in [6, 6.07) is 6.08. The van der Waals surface area contributed by atoms with E-state index in [1.54, 1.807) is 13.3 Å². The zero-order chi connectivity index (χ0) is 20.1. The van der Waals surface area contributed by atoms with Crippen molar-refractivity contribution in [2.45, 2.75) is 57.2 Å². The number of carbonyl (C=O) groups is 1. The monoisotopic (exact) mass is 399 g/mol. The quantitative estimate of drug-likeness (QED) is 0.743. The number of amides is 1. The second-order valence-corrected chi connectivity index (χ2v) is 7.76. The highest BCUT2D eigenvalue weighted by atomic mass is 16.5. The summed E-state index contributed by atoms with van der Waals surface area (Å²) in [5.41, 5.74) is 1.30. The fourth-order valence-corrected chi connectivity index (χ4v) is 4.01. The van der Waals surface area contributed by atoms with Gasteiger partial charge in [0.2, 0.25) is 0 Å². The Morgan fingerprint density at radius 3 is 2.76 bits per heavy atom. The van der Waals surface area contributed by atoms with Crippen molar-refractivity contribution >= 4 is 5.91 Å². The van der Waals surface area contributed by atoms with Gasteiger partial charge in [0.15, 0.2) is 17.2 Å². The summed E-state index contributed by atoms with van der Waals surface area (Å²) in [6.07, 6.45) is 8.57. The van der Waals surface area contributed by atoms with Crippen molar-refractivity contribution in [3.05, 3.63) is 35.7 Å². The van der Waals surface area contributed by atoms with Gasteiger partial charge in [0.1, 0.15) is 0 Å². The van der Waals surface area contributed by atoms with Crippen LogP contribution in [0.1, 0.15) is 60.6 Å². The van der Waals surface area contributed by atoms with Crippen molar-refractivity contribution < 1.29 is 14.3 Å². The molecule has 2 aliphatic rings. The molecule has 0 atom stereocenters. The number of hydrogen-bond donors (Lipinski definition) is 2. The minimum Gasteiger partial charge on any atom is -0.493 e. The van der Waals surface area contributed by atoms with Gasteiger partial charge in [-0.05, 0) is 69.3 Å². The van der Waals surface area contributed by atoms with Crippen LogP contribution in [0.2, 0.25) is 0 Å². The van der Waals surface area contributed by atoms with Crippen molar-refractivity contribution in [2.24, 2.45) is 0 Å². The molecule has 4 rings (SSSR count). The molecule has 2 N–H and O–H groups in total. The summed E-state index contributed by atoms with van der Waals surface area (Å²) < 4.78 is 13.4. The summed E-state index contributed by atoms with van der Waals surface area (Å²) in [7, 11) is 1.64. The van der Waals surface area contributed by atoms with Gasteiger partial charge in [0, 0.05) is 6.54 Å². The number of carbonyl (C=O) groups excluding carboxylic acids is 1. The van der Waals surface area contributed by atoms with Crippen molar-refractivity contribution in [3.8, 4) is 11.5 Å². The number of benzene rings is 1. The number of hydrogen-bond acceptors (Lipinski definition) is 6. The number of methoxy groups -OCH3 is 1. The van der Waals surface area contributed by atoms with Gasteiger partial charge in [-0.2, -0.15) is 0 Å². The number of piperidine rings is 1. The molecule has 1 amide bonds. The molecular formula is C21H29N5O3. The molecule has 0 unspecified atom stereocenters. The lowest BCUT2D eigenvalue weighted by atomic mass is 10.1. The van der Waals surface area contributed by atoms with Gasteiger partial charge in [0.05, 0.1) is 25.5 Å². The first-order valence-corrected chi connectivity index (χ1v) is 10.5. The van der Waals surface area contributed by atoms with E-state index in [-0.39, 0.29) is 12.0 Å². The van der Waals surface area contributed by atoms with Crippen LogP contribution in [0, 0.1) is 0 Å². The molecule has 8 nitrogen and oxygen atoms in total. The molecular weight excluding hydrogens is 370 g/mol. The van der Waals surface area contributed by atoms with E-state index >= 15 is 0 Å². The Morgan fingerprint density at radius 1 is 1.21 bits per heavy atom. The normalized spacial score (nSPS) is 18.0. The Kier molecular flexibility index (Phi) is 6.29. The number of aromatic nitrogens is 3. The zero-order valence-corrected chi connectivity index (χ0v) is 16.9. The minimum absolute atomic E-state index is 0.223. The topological polar surface area (TPSA) is 90.3 Å². The number of rotatable bonds is 7. The minimum atomic E-state index is -0.223. The first-order valence-electron chi connectivity index (χ1n) is 10.5. The van der Waals surface area contributed by atoms with Gasteiger partial charge >= 0.3 is 0 Å². The Hall–Kier alpha value is -2.61.